The Balaban J connectivity index is 1.62. The van der Waals surface area contributed by atoms with Crippen LogP contribution in [0.3, 0.4) is 0 Å². The normalized spacial score (nSPS) is 22.7. The predicted molar refractivity (Wildman–Crippen MR) is 84.9 cm³/mol. The Kier molecular flexibility index (Phi) is 4.55. The number of piperazine rings is 1. The average Bonchev–Trinajstić information content (AvgIpc) is 2.87. The first-order valence-corrected chi connectivity index (χ1v) is 8.08. The van der Waals surface area contributed by atoms with E-state index in [1.165, 1.54) is 12.1 Å². The number of hydrogen-bond donors (Lipinski definition) is 0. The Morgan fingerprint density at radius 1 is 1.22 bits per heavy atom. The van der Waals surface area contributed by atoms with Crippen LogP contribution in [-0.2, 0) is 4.79 Å². The molecule has 1 aromatic rings. The number of carbonyl (C=O) groups is 2. The van der Waals surface area contributed by atoms with Gasteiger partial charge >= 0.3 is 0 Å². The molecule has 5 nitrogen and oxygen atoms in total. The summed E-state index contributed by atoms with van der Waals surface area (Å²) < 4.78 is 13.1. The van der Waals surface area contributed by atoms with E-state index in [0.717, 1.165) is 19.0 Å². The zero-order chi connectivity index (χ0) is 16.6. The first-order chi connectivity index (χ1) is 11.0. The van der Waals surface area contributed by atoms with E-state index in [1.54, 1.807) is 9.80 Å². The van der Waals surface area contributed by atoms with Crippen LogP contribution in [0.4, 0.5) is 4.39 Å². The number of likely N-dealkylation sites (N-methyl/N-ethyl adjacent to an activating group) is 1. The average molecular weight is 340 g/mol. The lowest BCUT2D eigenvalue weighted by molar-refractivity contribution is -0.131. The third kappa shape index (κ3) is 3.19. The summed E-state index contributed by atoms with van der Waals surface area (Å²) in [4.78, 5) is 30.2. The Bertz CT molecular complexity index is 632. The molecule has 2 heterocycles. The van der Waals surface area contributed by atoms with Crippen molar-refractivity contribution in [1.29, 1.82) is 0 Å². The highest BCUT2D eigenvalue weighted by molar-refractivity contribution is 6.33. The predicted octanol–water partition coefficient (Wildman–Crippen LogP) is 1.47. The molecule has 23 heavy (non-hydrogen) atoms. The Morgan fingerprint density at radius 3 is 2.48 bits per heavy atom. The van der Waals surface area contributed by atoms with Gasteiger partial charge in [0.2, 0.25) is 5.91 Å². The first kappa shape index (κ1) is 16.2. The van der Waals surface area contributed by atoms with Gasteiger partial charge in [0.25, 0.3) is 5.91 Å². The van der Waals surface area contributed by atoms with Crippen molar-refractivity contribution in [3.8, 4) is 0 Å². The number of halogens is 2. The van der Waals surface area contributed by atoms with Crippen molar-refractivity contribution in [3.63, 3.8) is 0 Å². The number of carbonyl (C=O) groups excluding carboxylic acids is 2. The molecule has 0 unspecified atom stereocenters. The number of hydrogen-bond acceptors (Lipinski definition) is 3. The topological polar surface area (TPSA) is 43.9 Å². The SMILES string of the molecule is CN1CC[C@H](N2CCN(C(=O)c3ccc(F)cc3Cl)CC2)C1=O. The van der Waals surface area contributed by atoms with Crippen molar-refractivity contribution in [2.45, 2.75) is 12.5 Å². The van der Waals surface area contributed by atoms with Gasteiger partial charge in [-0.3, -0.25) is 14.5 Å². The van der Waals surface area contributed by atoms with Gasteiger partial charge in [-0.25, -0.2) is 4.39 Å². The fraction of sp³-hybridized carbons (Fsp3) is 0.500. The molecule has 1 atom stereocenters. The second kappa shape index (κ2) is 6.45. The van der Waals surface area contributed by atoms with Gasteiger partial charge in [0.05, 0.1) is 16.6 Å². The van der Waals surface area contributed by atoms with Crippen LogP contribution in [0.2, 0.25) is 5.02 Å². The zero-order valence-corrected chi connectivity index (χ0v) is 13.7. The second-order valence-electron chi connectivity index (χ2n) is 6.02. The molecule has 0 spiro atoms. The third-order valence-electron chi connectivity index (χ3n) is 4.60. The maximum atomic E-state index is 13.1. The molecule has 2 saturated heterocycles. The minimum Gasteiger partial charge on any atom is -0.344 e. The van der Waals surface area contributed by atoms with Crippen LogP contribution >= 0.6 is 11.6 Å². The molecule has 0 bridgehead atoms. The van der Waals surface area contributed by atoms with Gasteiger partial charge in [0.1, 0.15) is 5.82 Å². The summed E-state index contributed by atoms with van der Waals surface area (Å²) in [5.74, 6) is -0.490. The largest absolute Gasteiger partial charge is 0.344 e. The molecule has 124 valence electrons. The summed E-state index contributed by atoms with van der Waals surface area (Å²) in [6.07, 6.45) is 0.840. The fourth-order valence-electron chi connectivity index (χ4n) is 3.21. The van der Waals surface area contributed by atoms with Crippen LogP contribution in [0.15, 0.2) is 18.2 Å². The molecule has 0 aliphatic carbocycles. The van der Waals surface area contributed by atoms with E-state index >= 15 is 0 Å². The van der Waals surface area contributed by atoms with Crippen molar-refractivity contribution >= 4 is 23.4 Å². The van der Waals surface area contributed by atoms with E-state index in [4.69, 9.17) is 11.6 Å². The van der Waals surface area contributed by atoms with E-state index in [1.807, 2.05) is 7.05 Å². The lowest BCUT2D eigenvalue weighted by atomic mass is 10.1. The minimum atomic E-state index is -0.458. The summed E-state index contributed by atoms with van der Waals surface area (Å²) in [5.41, 5.74) is 0.318. The van der Waals surface area contributed by atoms with Gasteiger partial charge in [0.15, 0.2) is 0 Å². The fourth-order valence-corrected chi connectivity index (χ4v) is 3.46. The van der Waals surface area contributed by atoms with Gasteiger partial charge in [-0.1, -0.05) is 11.6 Å². The molecule has 7 heteroatoms. The maximum Gasteiger partial charge on any atom is 0.255 e. The molecular weight excluding hydrogens is 321 g/mol. The Hall–Kier alpha value is -1.66. The van der Waals surface area contributed by atoms with Crippen LogP contribution in [0.25, 0.3) is 0 Å². The van der Waals surface area contributed by atoms with Gasteiger partial charge in [-0.15, -0.1) is 0 Å². The smallest absolute Gasteiger partial charge is 0.255 e. The van der Waals surface area contributed by atoms with E-state index < -0.39 is 5.82 Å². The molecule has 1 aromatic carbocycles. The quantitative estimate of drug-likeness (QED) is 0.819. The highest BCUT2D eigenvalue weighted by Gasteiger charge is 2.36. The molecule has 0 N–H and O–H groups in total. The van der Waals surface area contributed by atoms with Crippen molar-refractivity contribution in [2.75, 3.05) is 39.8 Å². The molecule has 0 saturated carbocycles. The molecule has 3 rings (SSSR count). The lowest BCUT2D eigenvalue weighted by Gasteiger charge is -2.37. The molecular formula is C16H19ClFN3O2. The molecule has 2 aliphatic heterocycles. The monoisotopic (exact) mass is 339 g/mol. The van der Waals surface area contributed by atoms with E-state index in [0.29, 0.717) is 31.7 Å². The van der Waals surface area contributed by atoms with Crippen LogP contribution in [0, 0.1) is 5.82 Å². The van der Waals surface area contributed by atoms with E-state index in [-0.39, 0.29) is 22.9 Å². The molecule has 2 fully saturated rings. The number of rotatable bonds is 2. The second-order valence-corrected chi connectivity index (χ2v) is 6.42. The Labute approximate surface area is 139 Å². The molecule has 2 amide bonds. The highest BCUT2D eigenvalue weighted by atomic mass is 35.5. The van der Waals surface area contributed by atoms with E-state index in [2.05, 4.69) is 4.90 Å². The first-order valence-electron chi connectivity index (χ1n) is 7.70. The van der Waals surface area contributed by atoms with Crippen molar-refractivity contribution in [2.24, 2.45) is 0 Å². The van der Waals surface area contributed by atoms with Gasteiger partial charge in [-0.2, -0.15) is 0 Å². The van der Waals surface area contributed by atoms with Gasteiger partial charge in [-0.05, 0) is 24.6 Å². The molecule has 0 aromatic heterocycles. The van der Waals surface area contributed by atoms with Crippen molar-refractivity contribution in [3.05, 3.63) is 34.6 Å². The van der Waals surface area contributed by atoms with Crippen LogP contribution < -0.4 is 0 Å². The van der Waals surface area contributed by atoms with E-state index in [9.17, 15) is 14.0 Å². The van der Waals surface area contributed by atoms with Crippen LogP contribution in [-0.4, -0.2) is 72.3 Å². The minimum absolute atomic E-state index is 0.0633. The summed E-state index contributed by atoms with van der Waals surface area (Å²) >= 11 is 5.96. The zero-order valence-electron chi connectivity index (χ0n) is 13.0. The summed E-state index contributed by atoms with van der Waals surface area (Å²) in [6.45, 7) is 3.19. The third-order valence-corrected chi connectivity index (χ3v) is 4.92. The van der Waals surface area contributed by atoms with Crippen molar-refractivity contribution in [1.82, 2.24) is 14.7 Å². The standard InChI is InChI=1S/C16H19ClFN3O2/c1-19-5-4-14(16(19)23)20-6-8-21(9-7-20)15(22)12-3-2-11(18)10-13(12)17/h2-3,10,14H,4-9H2,1H3/t14-/m0/s1. The Morgan fingerprint density at radius 2 is 1.91 bits per heavy atom. The van der Waals surface area contributed by atoms with Crippen molar-refractivity contribution < 1.29 is 14.0 Å². The number of nitrogens with zero attached hydrogens (tertiary/aromatic N) is 3. The maximum absolute atomic E-state index is 13.1. The highest BCUT2D eigenvalue weighted by Crippen LogP contribution is 2.22. The summed E-state index contributed by atoms with van der Waals surface area (Å²) in [7, 11) is 1.82. The number of likely N-dealkylation sites (tertiary alicyclic amines) is 1. The number of benzene rings is 1. The molecule has 2 aliphatic rings. The van der Waals surface area contributed by atoms with Crippen LogP contribution in [0.5, 0.6) is 0 Å². The summed E-state index contributed by atoms with van der Waals surface area (Å²) in [6, 6.07) is 3.74. The van der Waals surface area contributed by atoms with Gasteiger partial charge in [0, 0.05) is 39.8 Å². The lowest BCUT2D eigenvalue weighted by Crippen LogP contribution is -2.53. The number of amides is 2. The van der Waals surface area contributed by atoms with Gasteiger partial charge < -0.3 is 9.80 Å². The van der Waals surface area contributed by atoms with Crippen LogP contribution in [0.1, 0.15) is 16.8 Å². The molecule has 0 radical (unpaired) electrons. The summed E-state index contributed by atoms with van der Waals surface area (Å²) in [5, 5.41) is 0.130.